The molecule has 172 valence electrons. The largest absolute Gasteiger partial charge is 0.497 e. The smallest absolute Gasteiger partial charge is 0.337 e. The molecule has 8 heteroatoms. The fraction of sp³-hybridized carbons (Fsp3) is 0.320. The van der Waals surface area contributed by atoms with Crippen LogP contribution in [0, 0.1) is 6.92 Å². The average Bonchev–Trinajstić information content (AvgIpc) is 2.84. The van der Waals surface area contributed by atoms with Gasteiger partial charge in [-0.05, 0) is 49.7 Å². The molecule has 3 aromatic rings. The Bertz CT molecular complexity index is 1150. The zero-order chi connectivity index (χ0) is 23.4. The molecule has 33 heavy (non-hydrogen) atoms. The normalized spacial score (nSPS) is 15.8. The van der Waals surface area contributed by atoms with E-state index in [0.29, 0.717) is 23.8 Å². The molecule has 1 aliphatic heterocycles. The van der Waals surface area contributed by atoms with Crippen molar-refractivity contribution in [1.82, 2.24) is 9.97 Å². The van der Waals surface area contributed by atoms with Gasteiger partial charge in [0.1, 0.15) is 17.4 Å². The van der Waals surface area contributed by atoms with E-state index in [-0.39, 0.29) is 12.1 Å². The van der Waals surface area contributed by atoms with E-state index in [1.54, 1.807) is 19.2 Å². The van der Waals surface area contributed by atoms with Crippen molar-refractivity contribution in [3.63, 3.8) is 0 Å². The molecule has 0 bridgehead atoms. The molecule has 2 heterocycles. The van der Waals surface area contributed by atoms with Crippen LogP contribution in [0.5, 0.6) is 5.75 Å². The van der Waals surface area contributed by atoms with E-state index in [4.69, 9.17) is 24.2 Å². The number of carbonyl (C=O) groups excluding carboxylic acids is 1. The van der Waals surface area contributed by atoms with Crippen LogP contribution in [-0.2, 0) is 9.47 Å². The van der Waals surface area contributed by atoms with Crippen molar-refractivity contribution in [3.8, 4) is 17.1 Å². The molecular weight excluding hydrogens is 420 g/mol. The summed E-state index contributed by atoms with van der Waals surface area (Å²) < 4.78 is 15.9. The standard InChI is InChI=1S/C25H28N4O4/c1-16-12-19(25(30)32-4)8-9-21(16)26-22-14-23(29-10-11-33-17(2)15-29)28-24(27-22)18-6-5-7-20(13-18)31-3/h5-9,12-14,17H,10-11,15H2,1-4H3,(H,26,27,28). The van der Waals surface area contributed by atoms with Crippen LogP contribution in [0.2, 0.25) is 0 Å². The molecule has 1 fully saturated rings. The van der Waals surface area contributed by atoms with Gasteiger partial charge in [0, 0.05) is 30.4 Å². The van der Waals surface area contributed by atoms with E-state index in [1.807, 2.05) is 43.3 Å². The van der Waals surface area contributed by atoms with Crippen LogP contribution in [0.4, 0.5) is 17.3 Å². The predicted octanol–water partition coefficient (Wildman–Crippen LogP) is 4.22. The second-order valence-electron chi connectivity index (χ2n) is 7.94. The van der Waals surface area contributed by atoms with Crippen molar-refractivity contribution in [3.05, 3.63) is 59.7 Å². The molecular formula is C25H28N4O4. The van der Waals surface area contributed by atoms with Crippen LogP contribution in [-0.4, -0.2) is 56.0 Å². The number of benzene rings is 2. The van der Waals surface area contributed by atoms with Gasteiger partial charge in [-0.25, -0.2) is 14.8 Å². The molecule has 8 nitrogen and oxygen atoms in total. The minimum atomic E-state index is -0.365. The second-order valence-corrected chi connectivity index (χ2v) is 7.94. The van der Waals surface area contributed by atoms with Gasteiger partial charge < -0.3 is 24.4 Å². The number of hydrogen-bond acceptors (Lipinski definition) is 8. The van der Waals surface area contributed by atoms with Gasteiger partial charge in [0.05, 0.1) is 32.5 Å². The van der Waals surface area contributed by atoms with Gasteiger partial charge in [0.25, 0.3) is 0 Å². The summed E-state index contributed by atoms with van der Waals surface area (Å²) in [6.45, 7) is 6.15. The molecule has 2 aromatic carbocycles. The van der Waals surface area contributed by atoms with E-state index in [2.05, 4.69) is 17.1 Å². The summed E-state index contributed by atoms with van der Waals surface area (Å²) in [5.74, 6) is 2.45. The summed E-state index contributed by atoms with van der Waals surface area (Å²) in [7, 11) is 3.01. The highest BCUT2D eigenvalue weighted by molar-refractivity contribution is 5.90. The zero-order valence-corrected chi connectivity index (χ0v) is 19.3. The Morgan fingerprint density at radius 2 is 2.00 bits per heavy atom. The Morgan fingerprint density at radius 3 is 2.73 bits per heavy atom. The van der Waals surface area contributed by atoms with E-state index in [1.165, 1.54) is 7.11 Å². The minimum absolute atomic E-state index is 0.124. The third kappa shape index (κ3) is 5.23. The number of carbonyl (C=O) groups is 1. The number of morpholine rings is 1. The summed E-state index contributed by atoms with van der Waals surface area (Å²) in [5.41, 5.74) is 3.11. The SMILES string of the molecule is COC(=O)c1ccc(Nc2cc(N3CCOC(C)C3)nc(-c3cccc(OC)c3)n2)c(C)c1. The zero-order valence-electron chi connectivity index (χ0n) is 19.3. The fourth-order valence-corrected chi connectivity index (χ4v) is 3.76. The molecule has 1 atom stereocenters. The number of anilines is 3. The number of rotatable bonds is 6. The summed E-state index contributed by atoms with van der Waals surface area (Å²) in [5, 5.41) is 3.39. The van der Waals surface area contributed by atoms with Crippen LogP contribution >= 0.6 is 0 Å². The molecule has 1 aliphatic rings. The average molecular weight is 449 g/mol. The first-order valence-corrected chi connectivity index (χ1v) is 10.8. The van der Waals surface area contributed by atoms with Gasteiger partial charge in [-0.15, -0.1) is 0 Å². The lowest BCUT2D eigenvalue weighted by molar-refractivity contribution is 0.0529. The Kier molecular flexibility index (Phi) is 6.74. The summed E-state index contributed by atoms with van der Waals surface area (Å²) in [4.78, 5) is 23.7. The molecule has 1 aromatic heterocycles. The molecule has 0 amide bonds. The van der Waals surface area contributed by atoms with Crippen LogP contribution in [0.15, 0.2) is 48.5 Å². The van der Waals surface area contributed by atoms with Crippen LogP contribution in [0.1, 0.15) is 22.8 Å². The first kappa shape index (κ1) is 22.5. The van der Waals surface area contributed by atoms with Crippen molar-refractivity contribution in [1.29, 1.82) is 0 Å². The first-order valence-electron chi connectivity index (χ1n) is 10.8. The topological polar surface area (TPSA) is 85.8 Å². The van der Waals surface area contributed by atoms with Crippen LogP contribution in [0.3, 0.4) is 0 Å². The van der Waals surface area contributed by atoms with Gasteiger partial charge in [-0.2, -0.15) is 0 Å². The van der Waals surface area contributed by atoms with Crippen LogP contribution < -0.4 is 15.0 Å². The fourth-order valence-electron chi connectivity index (χ4n) is 3.76. The van der Waals surface area contributed by atoms with Gasteiger partial charge in [-0.3, -0.25) is 0 Å². The van der Waals surface area contributed by atoms with E-state index in [0.717, 1.165) is 41.5 Å². The van der Waals surface area contributed by atoms with Crippen molar-refractivity contribution in [2.45, 2.75) is 20.0 Å². The Labute approximate surface area is 193 Å². The maximum atomic E-state index is 11.8. The lowest BCUT2D eigenvalue weighted by atomic mass is 10.1. The highest BCUT2D eigenvalue weighted by Crippen LogP contribution is 2.28. The first-order chi connectivity index (χ1) is 16.0. The summed E-state index contributed by atoms with van der Waals surface area (Å²) in [6, 6.07) is 15.0. The number of aromatic nitrogens is 2. The second kappa shape index (κ2) is 9.87. The monoisotopic (exact) mass is 448 g/mol. The van der Waals surface area contributed by atoms with Crippen molar-refractivity contribution in [2.75, 3.05) is 44.1 Å². The van der Waals surface area contributed by atoms with Crippen molar-refractivity contribution >= 4 is 23.3 Å². The number of nitrogens with zero attached hydrogens (tertiary/aromatic N) is 3. The molecule has 1 saturated heterocycles. The third-order valence-electron chi connectivity index (χ3n) is 5.52. The van der Waals surface area contributed by atoms with E-state index < -0.39 is 0 Å². The molecule has 1 unspecified atom stereocenters. The van der Waals surface area contributed by atoms with Gasteiger partial charge >= 0.3 is 5.97 Å². The Morgan fingerprint density at radius 1 is 1.15 bits per heavy atom. The molecule has 0 saturated carbocycles. The number of ether oxygens (including phenoxy) is 3. The lowest BCUT2D eigenvalue weighted by Crippen LogP contribution is -2.41. The maximum Gasteiger partial charge on any atom is 0.337 e. The van der Waals surface area contributed by atoms with Gasteiger partial charge in [0.15, 0.2) is 5.82 Å². The maximum absolute atomic E-state index is 11.8. The number of nitrogens with one attached hydrogen (secondary N) is 1. The van der Waals surface area contributed by atoms with Gasteiger partial charge in [-0.1, -0.05) is 12.1 Å². The summed E-state index contributed by atoms with van der Waals surface area (Å²) >= 11 is 0. The highest BCUT2D eigenvalue weighted by Gasteiger charge is 2.20. The molecule has 0 spiro atoms. The molecule has 0 aliphatic carbocycles. The van der Waals surface area contributed by atoms with Gasteiger partial charge in [0.2, 0.25) is 0 Å². The van der Waals surface area contributed by atoms with Crippen LogP contribution in [0.25, 0.3) is 11.4 Å². The number of esters is 1. The number of aryl methyl sites for hydroxylation is 1. The minimum Gasteiger partial charge on any atom is -0.497 e. The van der Waals surface area contributed by atoms with E-state index >= 15 is 0 Å². The molecule has 1 N–H and O–H groups in total. The van der Waals surface area contributed by atoms with Crippen molar-refractivity contribution in [2.24, 2.45) is 0 Å². The van der Waals surface area contributed by atoms with Crippen molar-refractivity contribution < 1.29 is 19.0 Å². The quantitative estimate of drug-likeness (QED) is 0.561. The number of methoxy groups -OCH3 is 2. The summed E-state index contributed by atoms with van der Waals surface area (Å²) in [6.07, 6.45) is 0.124. The number of hydrogen-bond donors (Lipinski definition) is 1. The predicted molar refractivity (Wildman–Crippen MR) is 127 cm³/mol. The molecule has 0 radical (unpaired) electrons. The molecule has 4 rings (SSSR count). The Balaban J connectivity index is 1.72. The van der Waals surface area contributed by atoms with E-state index in [9.17, 15) is 4.79 Å². The lowest BCUT2D eigenvalue weighted by Gasteiger charge is -2.32. The Hall–Kier alpha value is -3.65. The third-order valence-corrected chi connectivity index (χ3v) is 5.52. The highest BCUT2D eigenvalue weighted by atomic mass is 16.5.